The highest BCUT2D eigenvalue weighted by atomic mass is 32.2. The van der Waals surface area contributed by atoms with Crippen LogP contribution in [0.15, 0.2) is 17.4 Å². The van der Waals surface area contributed by atoms with Gasteiger partial charge in [-0.1, -0.05) is 13.3 Å². The first-order valence-corrected chi connectivity index (χ1v) is 8.74. The van der Waals surface area contributed by atoms with E-state index in [4.69, 9.17) is 4.74 Å². The van der Waals surface area contributed by atoms with Crippen molar-refractivity contribution in [3.63, 3.8) is 0 Å². The van der Waals surface area contributed by atoms with Gasteiger partial charge in [0.15, 0.2) is 10.7 Å². The van der Waals surface area contributed by atoms with Crippen LogP contribution < -0.4 is 0 Å². The van der Waals surface area contributed by atoms with Gasteiger partial charge in [0.05, 0.1) is 25.1 Å². The van der Waals surface area contributed by atoms with Crippen molar-refractivity contribution in [2.45, 2.75) is 54.5 Å². The van der Waals surface area contributed by atoms with Crippen LogP contribution in [0, 0.1) is 0 Å². The Morgan fingerprint density at radius 3 is 2.54 bits per heavy atom. The molecule has 136 valence electrons. The molecule has 0 saturated carbocycles. The van der Waals surface area contributed by atoms with E-state index in [1.165, 1.54) is 0 Å². The zero-order chi connectivity index (χ0) is 18.1. The summed E-state index contributed by atoms with van der Waals surface area (Å²) >= 11 is 0. The summed E-state index contributed by atoms with van der Waals surface area (Å²) < 4.78 is 68.2. The average molecular weight is 370 g/mol. The highest BCUT2D eigenvalue weighted by Gasteiger charge is 2.46. The molecule has 4 atom stereocenters. The molecular weight excluding hydrogens is 353 g/mol. The van der Waals surface area contributed by atoms with E-state index in [2.05, 4.69) is 9.97 Å². The van der Waals surface area contributed by atoms with Crippen LogP contribution in [0.1, 0.15) is 25.5 Å². The summed E-state index contributed by atoms with van der Waals surface area (Å²) in [5, 5.41) is 17.5. The molecule has 1 aliphatic heterocycles. The summed E-state index contributed by atoms with van der Waals surface area (Å²) in [4.78, 5) is 6.34. The Kier molecular flexibility index (Phi) is 5.47. The second-order valence-electron chi connectivity index (χ2n) is 5.47. The van der Waals surface area contributed by atoms with Gasteiger partial charge in [-0.25, -0.2) is 13.4 Å². The maximum atomic E-state index is 12.7. The van der Waals surface area contributed by atoms with Crippen LogP contribution in [0.3, 0.4) is 0 Å². The molecule has 7 nitrogen and oxygen atoms in total. The number of hydrogen-bond acceptors (Lipinski definition) is 7. The first kappa shape index (κ1) is 19.0. The third-order valence-electron chi connectivity index (χ3n) is 3.75. The summed E-state index contributed by atoms with van der Waals surface area (Å²) in [7, 11) is -4.47. The SMILES string of the molecule is CCC[C@H]1OCC(S(=O)(=O)c2cncc(C(F)(F)F)n2)[C@@H](O)[C@H]1O. The largest absolute Gasteiger partial charge is 0.434 e. The van der Waals surface area contributed by atoms with E-state index >= 15 is 0 Å². The van der Waals surface area contributed by atoms with Crippen molar-refractivity contribution in [1.29, 1.82) is 0 Å². The van der Waals surface area contributed by atoms with Crippen molar-refractivity contribution in [1.82, 2.24) is 9.97 Å². The van der Waals surface area contributed by atoms with Crippen molar-refractivity contribution in [2.24, 2.45) is 0 Å². The molecule has 2 rings (SSSR count). The lowest BCUT2D eigenvalue weighted by Gasteiger charge is -2.37. The Hall–Kier alpha value is -1.30. The van der Waals surface area contributed by atoms with Crippen LogP contribution in [0.25, 0.3) is 0 Å². The molecule has 0 amide bonds. The molecule has 1 aromatic rings. The number of ether oxygens (including phenoxy) is 1. The minimum absolute atomic E-state index is 0.402. The van der Waals surface area contributed by atoms with Gasteiger partial charge in [-0.2, -0.15) is 13.2 Å². The number of aromatic nitrogens is 2. The molecule has 0 radical (unpaired) electrons. The van der Waals surface area contributed by atoms with Gasteiger partial charge in [0.2, 0.25) is 9.84 Å². The number of halogens is 3. The molecule has 1 aliphatic rings. The predicted octanol–water partition coefficient (Wildman–Crippen LogP) is 0.558. The van der Waals surface area contributed by atoms with E-state index in [1.54, 1.807) is 0 Å². The monoisotopic (exact) mass is 370 g/mol. The molecule has 0 aromatic carbocycles. The van der Waals surface area contributed by atoms with Crippen LogP contribution in [0.4, 0.5) is 13.2 Å². The minimum atomic E-state index is -4.86. The Bertz CT molecular complexity index is 682. The molecule has 0 aliphatic carbocycles. The molecule has 0 spiro atoms. The molecule has 1 aromatic heterocycles. The summed E-state index contributed by atoms with van der Waals surface area (Å²) in [5.74, 6) is 0. The lowest BCUT2D eigenvalue weighted by atomic mass is 9.99. The molecule has 11 heteroatoms. The van der Waals surface area contributed by atoms with Gasteiger partial charge in [0.1, 0.15) is 17.5 Å². The summed E-state index contributed by atoms with van der Waals surface area (Å²) in [6.07, 6.45) is -6.62. The first-order valence-electron chi connectivity index (χ1n) is 7.20. The topological polar surface area (TPSA) is 110 Å². The minimum Gasteiger partial charge on any atom is -0.389 e. The summed E-state index contributed by atoms with van der Waals surface area (Å²) in [6, 6.07) is 0. The van der Waals surface area contributed by atoms with Crippen molar-refractivity contribution in [3.8, 4) is 0 Å². The highest BCUT2D eigenvalue weighted by Crippen LogP contribution is 2.30. The molecule has 1 saturated heterocycles. The van der Waals surface area contributed by atoms with E-state index in [0.29, 0.717) is 25.2 Å². The molecule has 2 heterocycles. The van der Waals surface area contributed by atoms with Gasteiger partial charge in [0.25, 0.3) is 0 Å². The van der Waals surface area contributed by atoms with Crippen LogP contribution in [0.5, 0.6) is 0 Å². The van der Waals surface area contributed by atoms with Crippen LogP contribution in [0.2, 0.25) is 0 Å². The van der Waals surface area contributed by atoms with Gasteiger partial charge < -0.3 is 14.9 Å². The van der Waals surface area contributed by atoms with Gasteiger partial charge in [-0.3, -0.25) is 4.98 Å². The Balaban J connectivity index is 2.31. The van der Waals surface area contributed by atoms with Crippen molar-refractivity contribution >= 4 is 9.84 Å². The number of hydrogen-bond donors (Lipinski definition) is 2. The fourth-order valence-electron chi connectivity index (χ4n) is 2.44. The van der Waals surface area contributed by atoms with Crippen LogP contribution >= 0.6 is 0 Å². The molecule has 1 fully saturated rings. The molecule has 0 bridgehead atoms. The fourth-order valence-corrected chi connectivity index (χ4v) is 3.97. The van der Waals surface area contributed by atoms with E-state index in [-0.39, 0.29) is 0 Å². The Morgan fingerprint density at radius 2 is 1.96 bits per heavy atom. The van der Waals surface area contributed by atoms with E-state index in [0.717, 1.165) is 0 Å². The Morgan fingerprint density at radius 1 is 1.29 bits per heavy atom. The van der Waals surface area contributed by atoms with Crippen LogP contribution in [-0.4, -0.2) is 58.8 Å². The molecular formula is C13H17F3N2O5S. The average Bonchev–Trinajstić information content (AvgIpc) is 2.51. The number of alkyl halides is 3. The predicted molar refractivity (Wildman–Crippen MR) is 74.7 cm³/mol. The van der Waals surface area contributed by atoms with E-state index < -0.39 is 56.9 Å². The number of aliphatic hydroxyl groups is 2. The van der Waals surface area contributed by atoms with Crippen molar-refractivity contribution < 1.29 is 36.5 Å². The highest BCUT2D eigenvalue weighted by molar-refractivity contribution is 7.92. The molecule has 1 unspecified atom stereocenters. The third kappa shape index (κ3) is 3.68. The van der Waals surface area contributed by atoms with E-state index in [9.17, 15) is 31.8 Å². The smallest absolute Gasteiger partial charge is 0.389 e. The van der Waals surface area contributed by atoms with Gasteiger partial charge in [0, 0.05) is 0 Å². The van der Waals surface area contributed by atoms with Crippen LogP contribution in [-0.2, 0) is 20.8 Å². The maximum Gasteiger partial charge on any atom is 0.434 e. The molecule has 2 N–H and O–H groups in total. The molecule has 24 heavy (non-hydrogen) atoms. The number of rotatable bonds is 4. The van der Waals surface area contributed by atoms with Gasteiger partial charge >= 0.3 is 6.18 Å². The summed E-state index contributed by atoms with van der Waals surface area (Å²) in [6.45, 7) is 1.37. The quantitative estimate of drug-likeness (QED) is 0.797. The van der Waals surface area contributed by atoms with E-state index in [1.807, 2.05) is 6.92 Å². The Labute approximate surface area is 136 Å². The second kappa shape index (κ2) is 6.90. The zero-order valence-corrected chi connectivity index (χ0v) is 13.5. The lowest BCUT2D eigenvalue weighted by Crippen LogP contribution is -2.55. The normalized spacial score (nSPS) is 28.8. The number of aliphatic hydroxyl groups excluding tert-OH is 2. The zero-order valence-electron chi connectivity index (χ0n) is 12.6. The van der Waals surface area contributed by atoms with Crippen molar-refractivity contribution in [2.75, 3.05) is 6.61 Å². The number of nitrogens with zero attached hydrogens (tertiary/aromatic N) is 2. The van der Waals surface area contributed by atoms with Gasteiger partial charge in [-0.15, -0.1) is 0 Å². The standard InChI is InChI=1S/C13H17F3N2O5S/c1-2-3-7-11(19)12(20)8(6-23-7)24(21,22)10-5-17-4-9(18-10)13(14,15)16/h4-5,7-8,11-12,19-20H,2-3,6H2,1H3/t7-,8?,11+,12-/m1/s1. The van der Waals surface area contributed by atoms with Crippen molar-refractivity contribution in [3.05, 3.63) is 18.1 Å². The lowest BCUT2D eigenvalue weighted by molar-refractivity contribution is -0.141. The summed E-state index contributed by atoms with van der Waals surface area (Å²) in [5.41, 5.74) is -1.46. The number of sulfone groups is 1. The first-order chi connectivity index (χ1) is 11.1. The fraction of sp³-hybridized carbons (Fsp3) is 0.692. The second-order valence-corrected chi connectivity index (χ2v) is 7.58. The maximum absolute atomic E-state index is 12.7. The van der Waals surface area contributed by atoms with Gasteiger partial charge in [-0.05, 0) is 6.42 Å². The third-order valence-corrected chi connectivity index (χ3v) is 5.74.